The topological polar surface area (TPSA) is 84.6 Å². The van der Waals surface area contributed by atoms with Crippen LogP contribution in [0.2, 0.25) is 0 Å². The second-order valence-corrected chi connectivity index (χ2v) is 5.24. The van der Waals surface area contributed by atoms with Gasteiger partial charge in [-0.05, 0) is 43.5 Å². The van der Waals surface area contributed by atoms with Crippen LogP contribution in [0, 0.1) is 5.92 Å². The molecule has 5 nitrogen and oxygen atoms in total. The van der Waals surface area contributed by atoms with Crippen LogP contribution in [-0.2, 0) is 0 Å². The van der Waals surface area contributed by atoms with Gasteiger partial charge in [-0.2, -0.15) is 0 Å². The third-order valence-corrected chi connectivity index (χ3v) is 3.98. The molecule has 1 aliphatic carbocycles. The first-order valence-electron chi connectivity index (χ1n) is 7.03. The predicted octanol–water partition coefficient (Wildman–Crippen LogP) is 2.07. The summed E-state index contributed by atoms with van der Waals surface area (Å²) in [4.78, 5) is 12.3. The molecule has 1 aromatic rings. The Kier molecular flexibility index (Phi) is 6.78. The van der Waals surface area contributed by atoms with E-state index in [4.69, 9.17) is 10.5 Å². The fraction of sp³-hybridized carbons (Fsp3) is 0.533. The summed E-state index contributed by atoms with van der Waals surface area (Å²) in [5.41, 5.74) is 6.00. The molecule has 0 aromatic heterocycles. The normalized spacial score (nSPS) is 21.2. The highest BCUT2D eigenvalue weighted by Gasteiger charge is 2.26. The number of phenolic OH excluding ortho intramolecular Hbond substituents is 1. The molecule has 2 atom stereocenters. The first-order chi connectivity index (χ1) is 9.65. The lowest BCUT2D eigenvalue weighted by Crippen LogP contribution is -2.44. The summed E-state index contributed by atoms with van der Waals surface area (Å²) in [7, 11) is 1.53. The summed E-state index contributed by atoms with van der Waals surface area (Å²) in [6.07, 6.45) is 4.26. The number of hydrogen-bond donors (Lipinski definition) is 3. The summed E-state index contributed by atoms with van der Waals surface area (Å²) in [6, 6.07) is 4.72. The van der Waals surface area contributed by atoms with E-state index < -0.39 is 0 Å². The molecule has 0 aliphatic heterocycles. The van der Waals surface area contributed by atoms with Crippen molar-refractivity contribution in [3.63, 3.8) is 0 Å². The van der Waals surface area contributed by atoms with Crippen LogP contribution in [-0.4, -0.2) is 30.7 Å². The minimum absolute atomic E-state index is 0. The lowest BCUT2D eigenvalue weighted by atomic mass is 9.84. The van der Waals surface area contributed by atoms with Crippen LogP contribution >= 0.6 is 12.4 Å². The van der Waals surface area contributed by atoms with Crippen LogP contribution in [0.15, 0.2) is 18.2 Å². The van der Waals surface area contributed by atoms with Gasteiger partial charge < -0.3 is 20.9 Å². The predicted molar refractivity (Wildman–Crippen MR) is 84.2 cm³/mol. The second-order valence-electron chi connectivity index (χ2n) is 5.24. The molecule has 0 saturated heterocycles. The molecule has 1 fully saturated rings. The zero-order valence-corrected chi connectivity index (χ0v) is 13.0. The Morgan fingerprint density at radius 3 is 2.81 bits per heavy atom. The van der Waals surface area contributed by atoms with Crippen molar-refractivity contribution in [2.45, 2.75) is 31.7 Å². The van der Waals surface area contributed by atoms with Crippen molar-refractivity contribution in [1.29, 1.82) is 0 Å². The lowest BCUT2D eigenvalue weighted by molar-refractivity contribution is 0.0905. The zero-order chi connectivity index (χ0) is 14.5. The number of phenols is 1. The van der Waals surface area contributed by atoms with Crippen molar-refractivity contribution in [2.75, 3.05) is 13.7 Å². The molecule has 1 aromatic carbocycles. The summed E-state index contributed by atoms with van der Waals surface area (Å²) in [5, 5.41) is 12.8. The van der Waals surface area contributed by atoms with Gasteiger partial charge in [0.25, 0.3) is 5.91 Å². The van der Waals surface area contributed by atoms with Crippen LogP contribution in [0.4, 0.5) is 0 Å². The molecule has 0 radical (unpaired) electrons. The molecule has 0 heterocycles. The maximum atomic E-state index is 12.3. The van der Waals surface area contributed by atoms with E-state index in [-0.39, 0.29) is 35.7 Å². The van der Waals surface area contributed by atoms with Crippen LogP contribution in [0.1, 0.15) is 36.0 Å². The van der Waals surface area contributed by atoms with Crippen LogP contribution in [0.5, 0.6) is 11.5 Å². The Hall–Kier alpha value is -1.46. The highest BCUT2D eigenvalue weighted by atomic mass is 35.5. The van der Waals surface area contributed by atoms with Gasteiger partial charge in [-0.15, -0.1) is 12.4 Å². The third kappa shape index (κ3) is 4.25. The Morgan fingerprint density at radius 2 is 2.14 bits per heavy atom. The summed E-state index contributed by atoms with van der Waals surface area (Å²) in [6.45, 7) is 0.578. The standard InChI is InChI=1S/C15H22N2O3.ClH/c1-20-11-6-7-14(18)12(8-11)15(19)17-13-5-3-2-4-10(13)9-16;/h6-8,10,13,18H,2-5,9,16H2,1H3,(H,17,19);1H. The number of hydrogen-bond acceptors (Lipinski definition) is 4. The summed E-state index contributed by atoms with van der Waals surface area (Å²) < 4.78 is 5.08. The number of aromatic hydroxyl groups is 1. The smallest absolute Gasteiger partial charge is 0.255 e. The van der Waals surface area contributed by atoms with E-state index in [2.05, 4.69) is 5.32 Å². The minimum atomic E-state index is -0.272. The van der Waals surface area contributed by atoms with Crippen molar-refractivity contribution in [3.8, 4) is 11.5 Å². The largest absolute Gasteiger partial charge is 0.507 e. The number of nitrogens with one attached hydrogen (secondary N) is 1. The Bertz CT molecular complexity index is 482. The number of halogens is 1. The maximum Gasteiger partial charge on any atom is 0.255 e. The van der Waals surface area contributed by atoms with E-state index in [1.54, 1.807) is 12.1 Å². The number of ether oxygens (including phenoxy) is 1. The van der Waals surface area contributed by atoms with E-state index in [9.17, 15) is 9.90 Å². The number of nitrogens with two attached hydrogens (primary N) is 1. The minimum Gasteiger partial charge on any atom is -0.507 e. The molecule has 21 heavy (non-hydrogen) atoms. The third-order valence-electron chi connectivity index (χ3n) is 3.98. The van der Waals surface area contributed by atoms with Crippen LogP contribution in [0.3, 0.4) is 0 Å². The molecule has 0 spiro atoms. The number of rotatable bonds is 4. The molecule has 1 amide bonds. The van der Waals surface area contributed by atoms with Gasteiger partial charge in [0.15, 0.2) is 0 Å². The number of carbonyl (C=O) groups excluding carboxylic acids is 1. The SMILES string of the molecule is COc1ccc(O)c(C(=O)NC2CCCCC2CN)c1.Cl. The van der Waals surface area contributed by atoms with E-state index in [0.29, 0.717) is 18.2 Å². The average Bonchev–Trinajstić information content (AvgIpc) is 2.48. The van der Waals surface area contributed by atoms with Crippen LogP contribution in [0.25, 0.3) is 0 Å². The van der Waals surface area contributed by atoms with Gasteiger partial charge in [-0.3, -0.25) is 4.79 Å². The van der Waals surface area contributed by atoms with E-state index in [1.807, 2.05) is 0 Å². The van der Waals surface area contributed by atoms with E-state index in [1.165, 1.54) is 19.6 Å². The molecule has 0 bridgehead atoms. The first-order valence-corrected chi connectivity index (χ1v) is 7.03. The van der Waals surface area contributed by atoms with Gasteiger partial charge in [-0.25, -0.2) is 0 Å². The van der Waals surface area contributed by atoms with Gasteiger partial charge in [-0.1, -0.05) is 12.8 Å². The van der Waals surface area contributed by atoms with Crippen molar-refractivity contribution in [1.82, 2.24) is 5.32 Å². The zero-order valence-electron chi connectivity index (χ0n) is 12.2. The molecule has 2 rings (SSSR count). The fourth-order valence-corrected chi connectivity index (χ4v) is 2.75. The quantitative estimate of drug-likeness (QED) is 0.794. The van der Waals surface area contributed by atoms with Crippen molar-refractivity contribution in [2.24, 2.45) is 11.7 Å². The molecule has 6 heteroatoms. The number of carbonyl (C=O) groups is 1. The molecule has 118 valence electrons. The fourth-order valence-electron chi connectivity index (χ4n) is 2.75. The van der Waals surface area contributed by atoms with Gasteiger partial charge in [0.05, 0.1) is 12.7 Å². The highest BCUT2D eigenvalue weighted by molar-refractivity contribution is 5.97. The molecular weight excluding hydrogens is 292 g/mol. The van der Waals surface area contributed by atoms with Gasteiger partial charge in [0, 0.05) is 6.04 Å². The Balaban J connectivity index is 0.00000220. The molecule has 2 unspecified atom stereocenters. The summed E-state index contributed by atoms with van der Waals surface area (Å²) in [5.74, 6) is 0.558. The average molecular weight is 315 g/mol. The second kappa shape index (κ2) is 8.10. The van der Waals surface area contributed by atoms with Gasteiger partial charge in [0.2, 0.25) is 0 Å². The van der Waals surface area contributed by atoms with Gasteiger partial charge in [0.1, 0.15) is 11.5 Å². The first kappa shape index (κ1) is 17.6. The molecule has 1 saturated carbocycles. The van der Waals surface area contributed by atoms with Crippen molar-refractivity contribution >= 4 is 18.3 Å². The highest BCUT2D eigenvalue weighted by Crippen LogP contribution is 2.26. The summed E-state index contributed by atoms with van der Waals surface area (Å²) >= 11 is 0. The molecular formula is C15H23ClN2O3. The molecule has 1 aliphatic rings. The number of benzene rings is 1. The lowest BCUT2D eigenvalue weighted by Gasteiger charge is -2.31. The van der Waals surface area contributed by atoms with Crippen LogP contribution < -0.4 is 15.8 Å². The number of amides is 1. The van der Waals surface area contributed by atoms with E-state index >= 15 is 0 Å². The van der Waals surface area contributed by atoms with Crippen molar-refractivity contribution < 1.29 is 14.6 Å². The Labute approximate surface area is 131 Å². The van der Waals surface area contributed by atoms with Crippen molar-refractivity contribution in [3.05, 3.63) is 23.8 Å². The monoisotopic (exact) mass is 314 g/mol. The van der Waals surface area contributed by atoms with E-state index in [0.717, 1.165) is 19.3 Å². The Morgan fingerprint density at radius 1 is 1.43 bits per heavy atom. The number of methoxy groups -OCH3 is 1. The maximum absolute atomic E-state index is 12.3. The molecule has 4 N–H and O–H groups in total. The van der Waals surface area contributed by atoms with Gasteiger partial charge >= 0.3 is 0 Å².